The maximum absolute atomic E-state index is 10.4. The summed E-state index contributed by atoms with van der Waals surface area (Å²) in [5.41, 5.74) is 2.80. The van der Waals surface area contributed by atoms with E-state index in [4.69, 9.17) is 4.74 Å². The lowest BCUT2D eigenvalue weighted by atomic mass is 10.0. The molecule has 2 aromatic rings. The first-order valence-electron chi connectivity index (χ1n) is 7.28. The zero-order valence-electron chi connectivity index (χ0n) is 12.2. The van der Waals surface area contributed by atoms with Crippen LogP contribution in [0.2, 0.25) is 0 Å². The smallest absolute Gasteiger partial charge is 0.131 e. The van der Waals surface area contributed by atoms with Gasteiger partial charge in [0.1, 0.15) is 11.9 Å². The van der Waals surface area contributed by atoms with Crippen molar-refractivity contribution in [3.8, 4) is 0 Å². The number of anilines is 1. The molecule has 1 N–H and O–H groups in total. The van der Waals surface area contributed by atoms with Gasteiger partial charge in [-0.05, 0) is 24.1 Å². The molecule has 0 spiro atoms. The summed E-state index contributed by atoms with van der Waals surface area (Å²) in [5, 5.41) is 10.4. The van der Waals surface area contributed by atoms with Crippen LogP contribution in [0.3, 0.4) is 0 Å². The molecule has 2 heterocycles. The predicted octanol–water partition coefficient (Wildman–Crippen LogP) is 2.31. The highest BCUT2D eigenvalue weighted by Gasteiger charge is 2.17. The number of aliphatic hydroxyl groups excluding tert-OH is 1. The molecule has 1 atom stereocenters. The molecule has 4 heteroatoms. The van der Waals surface area contributed by atoms with Crippen molar-refractivity contribution in [2.45, 2.75) is 13.0 Å². The fraction of sp³-hybridized carbons (Fsp3) is 0.353. The number of benzene rings is 1. The Labute approximate surface area is 125 Å². The second-order valence-electron chi connectivity index (χ2n) is 5.32. The molecule has 4 nitrogen and oxygen atoms in total. The lowest BCUT2D eigenvalue weighted by Crippen LogP contribution is -2.37. The number of aryl methyl sites for hydroxylation is 1. The Morgan fingerprint density at radius 2 is 1.86 bits per heavy atom. The Kier molecular flexibility index (Phi) is 4.18. The van der Waals surface area contributed by atoms with Crippen molar-refractivity contribution in [1.29, 1.82) is 0 Å². The van der Waals surface area contributed by atoms with Gasteiger partial charge in [-0.3, -0.25) is 0 Å². The average molecular weight is 284 g/mol. The van der Waals surface area contributed by atoms with Gasteiger partial charge in [0.15, 0.2) is 0 Å². The van der Waals surface area contributed by atoms with E-state index in [2.05, 4.69) is 9.88 Å². The number of aliphatic hydroxyl groups is 1. The second-order valence-corrected chi connectivity index (χ2v) is 5.32. The van der Waals surface area contributed by atoms with E-state index in [1.165, 1.54) is 0 Å². The molecule has 1 saturated heterocycles. The maximum Gasteiger partial charge on any atom is 0.131 e. The van der Waals surface area contributed by atoms with Crippen molar-refractivity contribution < 1.29 is 9.84 Å². The number of rotatable bonds is 3. The zero-order chi connectivity index (χ0) is 14.7. The van der Waals surface area contributed by atoms with Crippen molar-refractivity contribution in [3.05, 3.63) is 59.3 Å². The van der Waals surface area contributed by atoms with E-state index in [9.17, 15) is 5.11 Å². The summed E-state index contributed by atoms with van der Waals surface area (Å²) in [4.78, 5) is 6.79. The van der Waals surface area contributed by atoms with Crippen molar-refractivity contribution in [1.82, 2.24) is 4.98 Å². The molecule has 1 aliphatic heterocycles. The van der Waals surface area contributed by atoms with Gasteiger partial charge in [0.2, 0.25) is 0 Å². The minimum Gasteiger partial charge on any atom is -0.384 e. The number of hydrogen-bond acceptors (Lipinski definition) is 4. The first-order valence-corrected chi connectivity index (χ1v) is 7.28. The summed E-state index contributed by atoms with van der Waals surface area (Å²) < 4.78 is 5.37. The first-order chi connectivity index (χ1) is 10.3. The van der Waals surface area contributed by atoms with E-state index >= 15 is 0 Å². The fourth-order valence-electron chi connectivity index (χ4n) is 2.67. The van der Waals surface area contributed by atoms with Crippen LogP contribution in [0.5, 0.6) is 0 Å². The summed E-state index contributed by atoms with van der Waals surface area (Å²) in [6.07, 6.45) is 1.14. The molecule has 0 bridgehead atoms. The molecule has 1 aromatic heterocycles. The van der Waals surface area contributed by atoms with Gasteiger partial charge in [-0.2, -0.15) is 0 Å². The molecule has 110 valence electrons. The highest BCUT2D eigenvalue weighted by Crippen LogP contribution is 2.25. The van der Waals surface area contributed by atoms with Crippen molar-refractivity contribution in [2.75, 3.05) is 31.2 Å². The normalized spacial score (nSPS) is 16.8. The van der Waals surface area contributed by atoms with Gasteiger partial charge in [0.25, 0.3) is 0 Å². The van der Waals surface area contributed by atoms with Crippen LogP contribution in [0.25, 0.3) is 0 Å². The number of aromatic nitrogens is 1. The number of pyridine rings is 1. The third kappa shape index (κ3) is 3.06. The minimum absolute atomic E-state index is 0.629. The predicted molar refractivity (Wildman–Crippen MR) is 82.5 cm³/mol. The van der Waals surface area contributed by atoms with Gasteiger partial charge >= 0.3 is 0 Å². The molecular formula is C17H20N2O2. The van der Waals surface area contributed by atoms with Crippen LogP contribution >= 0.6 is 0 Å². The number of ether oxygens (including phenoxy) is 1. The summed E-state index contributed by atoms with van der Waals surface area (Å²) in [7, 11) is 0. The van der Waals surface area contributed by atoms with E-state index in [1.54, 1.807) is 6.20 Å². The topological polar surface area (TPSA) is 45.6 Å². The fourth-order valence-corrected chi connectivity index (χ4v) is 2.67. The molecule has 0 aliphatic carbocycles. The first kappa shape index (κ1) is 14.0. The van der Waals surface area contributed by atoms with Crippen molar-refractivity contribution in [3.63, 3.8) is 0 Å². The Balaban J connectivity index is 1.83. The van der Waals surface area contributed by atoms with Crippen LogP contribution < -0.4 is 4.90 Å². The van der Waals surface area contributed by atoms with E-state index in [1.807, 2.05) is 43.3 Å². The summed E-state index contributed by atoms with van der Waals surface area (Å²) in [6, 6.07) is 11.7. The molecule has 1 aliphatic rings. The van der Waals surface area contributed by atoms with Crippen LogP contribution in [0.1, 0.15) is 22.8 Å². The van der Waals surface area contributed by atoms with Crippen molar-refractivity contribution in [2.24, 2.45) is 0 Å². The Morgan fingerprint density at radius 3 is 2.52 bits per heavy atom. The van der Waals surface area contributed by atoms with Gasteiger partial charge in [-0.1, -0.05) is 30.3 Å². The van der Waals surface area contributed by atoms with Crippen LogP contribution in [-0.2, 0) is 4.74 Å². The van der Waals surface area contributed by atoms with Gasteiger partial charge in [0, 0.05) is 24.8 Å². The van der Waals surface area contributed by atoms with E-state index in [0.717, 1.165) is 48.8 Å². The van der Waals surface area contributed by atoms with Gasteiger partial charge in [0.05, 0.1) is 13.2 Å². The number of hydrogen-bond donors (Lipinski definition) is 1. The van der Waals surface area contributed by atoms with Crippen molar-refractivity contribution >= 4 is 5.82 Å². The second kappa shape index (κ2) is 6.24. The van der Waals surface area contributed by atoms with Crippen LogP contribution in [0.4, 0.5) is 5.82 Å². The molecule has 0 saturated carbocycles. The Hall–Kier alpha value is -1.91. The van der Waals surface area contributed by atoms with Gasteiger partial charge in [-0.15, -0.1) is 0 Å². The number of morpholine rings is 1. The van der Waals surface area contributed by atoms with E-state index < -0.39 is 6.10 Å². The average Bonchev–Trinajstić information content (AvgIpc) is 2.55. The van der Waals surface area contributed by atoms with E-state index in [0.29, 0.717) is 0 Å². The van der Waals surface area contributed by atoms with Crippen LogP contribution in [0.15, 0.2) is 42.6 Å². The van der Waals surface area contributed by atoms with Gasteiger partial charge < -0.3 is 14.7 Å². The molecule has 21 heavy (non-hydrogen) atoms. The number of nitrogens with zero attached hydrogens (tertiary/aromatic N) is 2. The van der Waals surface area contributed by atoms with Crippen LogP contribution in [0, 0.1) is 6.92 Å². The summed E-state index contributed by atoms with van der Waals surface area (Å²) in [5.74, 6) is 0.988. The third-order valence-corrected chi connectivity index (χ3v) is 3.81. The van der Waals surface area contributed by atoms with Crippen LogP contribution in [-0.4, -0.2) is 36.4 Å². The monoisotopic (exact) mass is 284 g/mol. The molecule has 0 amide bonds. The zero-order valence-corrected chi connectivity index (χ0v) is 12.2. The quantitative estimate of drug-likeness (QED) is 0.939. The lowest BCUT2D eigenvalue weighted by Gasteiger charge is -2.29. The minimum atomic E-state index is -0.629. The molecular weight excluding hydrogens is 264 g/mol. The Morgan fingerprint density at radius 1 is 1.14 bits per heavy atom. The highest BCUT2D eigenvalue weighted by atomic mass is 16.5. The highest BCUT2D eigenvalue weighted by molar-refractivity contribution is 5.48. The summed E-state index contributed by atoms with van der Waals surface area (Å²) >= 11 is 0. The third-order valence-electron chi connectivity index (χ3n) is 3.81. The molecule has 1 fully saturated rings. The summed E-state index contributed by atoms with van der Waals surface area (Å²) in [6.45, 7) is 5.27. The van der Waals surface area contributed by atoms with E-state index in [-0.39, 0.29) is 0 Å². The molecule has 3 rings (SSSR count). The standard InChI is InChI=1S/C17H20N2O2/c1-13-11-15(16(20)14-5-3-2-4-6-14)12-18-17(13)19-7-9-21-10-8-19/h2-6,11-12,16,20H,7-10H2,1H3/t16-/m0/s1. The lowest BCUT2D eigenvalue weighted by molar-refractivity contribution is 0.122. The molecule has 1 aromatic carbocycles. The largest absolute Gasteiger partial charge is 0.384 e. The van der Waals surface area contributed by atoms with Gasteiger partial charge in [-0.25, -0.2) is 4.98 Å². The SMILES string of the molecule is Cc1cc([C@@H](O)c2ccccc2)cnc1N1CCOCC1. The molecule has 0 radical (unpaired) electrons. The maximum atomic E-state index is 10.4. The molecule has 0 unspecified atom stereocenters. The Bertz CT molecular complexity index is 595.